The van der Waals surface area contributed by atoms with Gasteiger partial charge in [-0.3, -0.25) is 19.8 Å². The van der Waals surface area contributed by atoms with E-state index in [0.717, 1.165) is 16.8 Å². The maximum Gasteiger partial charge on any atom is 0.270 e. The van der Waals surface area contributed by atoms with Crippen molar-refractivity contribution in [2.75, 3.05) is 6.54 Å². The van der Waals surface area contributed by atoms with Crippen molar-refractivity contribution in [3.63, 3.8) is 0 Å². The fourth-order valence-electron chi connectivity index (χ4n) is 3.69. The summed E-state index contributed by atoms with van der Waals surface area (Å²) in [6, 6.07) is 4.03. The number of non-ortho nitro benzene ring substituents is 1. The van der Waals surface area contributed by atoms with E-state index in [1.54, 1.807) is 18.6 Å². The zero-order valence-corrected chi connectivity index (χ0v) is 16.3. The maximum atomic E-state index is 12.9. The summed E-state index contributed by atoms with van der Waals surface area (Å²) in [6.07, 6.45) is 8.74. The lowest BCUT2D eigenvalue weighted by atomic mass is 10.1. The number of hydrogen-bond donors (Lipinski definition) is 0. The Kier molecular flexibility index (Phi) is 4.68. The van der Waals surface area contributed by atoms with Crippen molar-refractivity contribution >= 4 is 16.7 Å². The lowest BCUT2D eigenvalue weighted by molar-refractivity contribution is -0.384. The molecule has 0 radical (unpaired) electrons. The van der Waals surface area contributed by atoms with Gasteiger partial charge in [-0.25, -0.2) is 19.9 Å². The maximum absolute atomic E-state index is 12.9. The summed E-state index contributed by atoms with van der Waals surface area (Å²) in [5, 5.41) is 11.2. The Bertz CT molecular complexity index is 1360. The largest absolute Gasteiger partial charge is 0.464 e. The van der Waals surface area contributed by atoms with Crippen molar-refractivity contribution in [1.82, 2.24) is 24.8 Å². The van der Waals surface area contributed by atoms with Crippen LogP contribution in [0.2, 0.25) is 0 Å². The van der Waals surface area contributed by atoms with Crippen molar-refractivity contribution in [3.05, 3.63) is 86.5 Å². The minimum Gasteiger partial charge on any atom is -0.464 e. The Morgan fingerprint density at radius 1 is 1.19 bits per heavy atom. The zero-order valence-electron chi connectivity index (χ0n) is 16.3. The summed E-state index contributed by atoms with van der Waals surface area (Å²) in [7, 11) is 0. The number of benzene rings is 1. The molecule has 0 unspecified atom stereocenters. The number of nitro groups is 1. The third kappa shape index (κ3) is 3.64. The van der Waals surface area contributed by atoms with Crippen LogP contribution < -0.4 is 5.43 Å². The van der Waals surface area contributed by atoms with E-state index in [2.05, 4.69) is 24.8 Å². The molecule has 31 heavy (non-hydrogen) atoms. The van der Waals surface area contributed by atoms with Gasteiger partial charge in [-0.1, -0.05) is 0 Å². The van der Waals surface area contributed by atoms with Crippen LogP contribution in [0.25, 0.3) is 22.4 Å². The molecular formula is C21H16N6O4. The molecule has 4 aromatic rings. The van der Waals surface area contributed by atoms with Gasteiger partial charge in [0.05, 0.1) is 27.8 Å². The van der Waals surface area contributed by atoms with E-state index in [-0.39, 0.29) is 16.5 Å². The summed E-state index contributed by atoms with van der Waals surface area (Å²) >= 11 is 0. The monoisotopic (exact) mass is 416 g/mol. The lowest BCUT2D eigenvalue weighted by Gasteiger charge is -2.27. The first kappa shape index (κ1) is 18.9. The van der Waals surface area contributed by atoms with E-state index in [1.165, 1.54) is 30.8 Å². The first-order valence-corrected chi connectivity index (χ1v) is 9.60. The molecule has 1 aliphatic rings. The van der Waals surface area contributed by atoms with Gasteiger partial charge in [0.1, 0.15) is 11.9 Å². The van der Waals surface area contributed by atoms with Crippen LogP contribution in [0.4, 0.5) is 5.69 Å². The molecule has 1 aromatic carbocycles. The molecule has 5 rings (SSSR count). The number of aromatic nitrogens is 4. The second kappa shape index (κ2) is 7.65. The molecule has 10 heteroatoms. The minimum absolute atomic E-state index is 0.138. The van der Waals surface area contributed by atoms with Gasteiger partial charge in [0.25, 0.3) is 5.69 Å². The molecule has 0 N–H and O–H groups in total. The van der Waals surface area contributed by atoms with Crippen LogP contribution in [-0.4, -0.2) is 36.3 Å². The first-order chi connectivity index (χ1) is 15.1. The third-order valence-electron chi connectivity index (χ3n) is 5.26. The standard InChI is InChI=1S/C21H16N6O4/c28-20-15(11-31-19-2-1-16(27(29)30)5-17(19)20)10-26-4-3-18-14(9-26)8-24-21(25-18)13-6-22-12-23-7-13/h1-2,5-8,11-12H,3-4,9-10H2. The molecule has 0 spiro atoms. The Hall–Kier alpha value is -4.05. The molecule has 0 fully saturated rings. The number of nitro benzene ring substituents is 1. The second-order valence-corrected chi connectivity index (χ2v) is 7.28. The van der Waals surface area contributed by atoms with Crippen LogP contribution in [0, 0.1) is 10.1 Å². The van der Waals surface area contributed by atoms with Gasteiger partial charge in [0.2, 0.25) is 0 Å². The fourth-order valence-corrected chi connectivity index (χ4v) is 3.69. The molecule has 0 atom stereocenters. The predicted molar refractivity (Wildman–Crippen MR) is 110 cm³/mol. The van der Waals surface area contributed by atoms with Gasteiger partial charge in [0, 0.05) is 67.9 Å². The molecule has 4 heterocycles. The highest BCUT2D eigenvalue weighted by molar-refractivity contribution is 5.79. The van der Waals surface area contributed by atoms with E-state index in [0.29, 0.717) is 43.0 Å². The Balaban J connectivity index is 1.39. The van der Waals surface area contributed by atoms with Gasteiger partial charge in [0.15, 0.2) is 11.3 Å². The van der Waals surface area contributed by atoms with Crippen LogP contribution in [0.1, 0.15) is 16.8 Å². The molecule has 10 nitrogen and oxygen atoms in total. The van der Waals surface area contributed by atoms with Crippen LogP contribution in [-0.2, 0) is 19.5 Å². The van der Waals surface area contributed by atoms with Crippen molar-refractivity contribution in [1.29, 1.82) is 0 Å². The molecule has 154 valence electrons. The molecular weight excluding hydrogens is 400 g/mol. The molecule has 3 aromatic heterocycles. The van der Waals surface area contributed by atoms with Gasteiger partial charge in [-0.05, 0) is 6.07 Å². The first-order valence-electron chi connectivity index (χ1n) is 9.60. The average molecular weight is 416 g/mol. The predicted octanol–water partition coefficient (Wildman–Crippen LogP) is 2.51. The van der Waals surface area contributed by atoms with E-state index < -0.39 is 4.92 Å². The average Bonchev–Trinajstić information content (AvgIpc) is 2.81. The van der Waals surface area contributed by atoms with Crippen LogP contribution in [0.5, 0.6) is 0 Å². The number of hydrogen-bond acceptors (Lipinski definition) is 9. The van der Waals surface area contributed by atoms with Crippen molar-refractivity contribution in [2.24, 2.45) is 0 Å². The SMILES string of the molecule is O=c1c(CN2CCc3nc(-c4cncnc4)ncc3C2)coc2ccc([N+](=O)[O-])cc12. The normalized spacial score (nSPS) is 13.8. The van der Waals surface area contributed by atoms with Crippen molar-refractivity contribution in [3.8, 4) is 11.4 Å². The highest BCUT2D eigenvalue weighted by Crippen LogP contribution is 2.23. The number of fused-ring (bicyclic) bond motifs is 2. The van der Waals surface area contributed by atoms with Gasteiger partial charge in [-0.15, -0.1) is 0 Å². The van der Waals surface area contributed by atoms with Crippen LogP contribution in [0.15, 0.2) is 58.6 Å². The second-order valence-electron chi connectivity index (χ2n) is 7.28. The van der Waals surface area contributed by atoms with E-state index >= 15 is 0 Å². The van der Waals surface area contributed by atoms with Crippen LogP contribution >= 0.6 is 0 Å². The van der Waals surface area contributed by atoms with E-state index in [9.17, 15) is 14.9 Å². The zero-order chi connectivity index (χ0) is 21.4. The summed E-state index contributed by atoms with van der Waals surface area (Å²) < 4.78 is 5.55. The fraction of sp³-hybridized carbons (Fsp3) is 0.190. The van der Waals surface area contributed by atoms with E-state index in [1.807, 2.05) is 0 Å². The van der Waals surface area contributed by atoms with Crippen molar-refractivity contribution in [2.45, 2.75) is 19.5 Å². The topological polar surface area (TPSA) is 128 Å². The highest BCUT2D eigenvalue weighted by Gasteiger charge is 2.21. The Morgan fingerprint density at radius 3 is 2.84 bits per heavy atom. The molecule has 1 aliphatic heterocycles. The van der Waals surface area contributed by atoms with Gasteiger partial charge < -0.3 is 4.42 Å². The van der Waals surface area contributed by atoms with Crippen LogP contribution in [0.3, 0.4) is 0 Å². The summed E-state index contributed by atoms with van der Waals surface area (Å²) in [5.41, 5.74) is 3.10. The smallest absolute Gasteiger partial charge is 0.270 e. The third-order valence-corrected chi connectivity index (χ3v) is 5.26. The van der Waals surface area contributed by atoms with Gasteiger partial charge in [-0.2, -0.15) is 0 Å². The summed E-state index contributed by atoms with van der Waals surface area (Å²) in [5.74, 6) is 0.588. The summed E-state index contributed by atoms with van der Waals surface area (Å²) in [4.78, 5) is 42.6. The highest BCUT2D eigenvalue weighted by atomic mass is 16.6. The van der Waals surface area contributed by atoms with Gasteiger partial charge >= 0.3 is 0 Å². The minimum atomic E-state index is -0.525. The lowest BCUT2D eigenvalue weighted by Crippen LogP contribution is -2.32. The molecule has 0 saturated carbocycles. The van der Waals surface area contributed by atoms with E-state index in [4.69, 9.17) is 4.42 Å². The molecule has 0 aliphatic carbocycles. The molecule has 0 amide bonds. The Labute approximate surface area is 175 Å². The quantitative estimate of drug-likeness (QED) is 0.364. The summed E-state index contributed by atoms with van der Waals surface area (Å²) in [6.45, 7) is 1.67. The number of nitrogens with zero attached hydrogens (tertiary/aromatic N) is 6. The molecule has 0 saturated heterocycles. The number of rotatable bonds is 4. The van der Waals surface area contributed by atoms with Crippen molar-refractivity contribution < 1.29 is 9.34 Å². The molecule has 0 bridgehead atoms. The Morgan fingerprint density at radius 2 is 2.03 bits per heavy atom.